The number of alkyl halides is 6. The van der Waals surface area contributed by atoms with Crippen molar-refractivity contribution in [1.29, 1.82) is 0 Å². The van der Waals surface area contributed by atoms with Gasteiger partial charge in [-0.1, -0.05) is 30.3 Å². The summed E-state index contributed by atoms with van der Waals surface area (Å²) in [5, 5.41) is 11.0. The first-order valence-electron chi connectivity index (χ1n) is 10.5. The third kappa shape index (κ3) is 7.10. The largest absolute Gasteiger partial charge is 0.480 e. The van der Waals surface area contributed by atoms with Crippen LogP contribution < -0.4 is 5.32 Å². The summed E-state index contributed by atoms with van der Waals surface area (Å²) in [4.78, 5) is 24.4. The van der Waals surface area contributed by atoms with E-state index in [4.69, 9.17) is 9.84 Å². The van der Waals surface area contributed by atoms with Crippen LogP contribution in [-0.2, 0) is 28.5 Å². The first kappa shape index (κ1) is 26.3. The maximum atomic E-state index is 13.2. The van der Waals surface area contributed by atoms with Gasteiger partial charge in [-0.05, 0) is 35.7 Å². The number of nitrogens with one attached hydrogen (secondary N) is 1. The van der Waals surface area contributed by atoms with E-state index in [0.29, 0.717) is 12.1 Å². The van der Waals surface area contributed by atoms with Crippen molar-refractivity contribution in [3.05, 3.63) is 70.8 Å². The van der Waals surface area contributed by atoms with E-state index in [-0.39, 0.29) is 31.1 Å². The number of carboxylic acids is 1. The standard InChI is InChI=1S/C23H22F6N2O4/c24-22(25,26)16-8-14(9-17(10-16)23(27,28)29)13-35-19-6-7-31(21(34)30-11-20(32)33)12-18(19)15-4-2-1-3-5-15/h1-5,8-10,18-19H,6-7,11-13H2,(H,30,34)(H,32,33)/t18-,19-/m0/s1. The first-order chi connectivity index (χ1) is 16.3. The molecule has 0 aromatic heterocycles. The molecule has 2 aromatic carbocycles. The van der Waals surface area contributed by atoms with Gasteiger partial charge in [-0.3, -0.25) is 4.79 Å². The molecule has 1 aliphatic rings. The molecule has 0 spiro atoms. The topological polar surface area (TPSA) is 78.9 Å². The van der Waals surface area contributed by atoms with Crippen LogP contribution >= 0.6 is 0 Å². The van der Waals surface area contributed by atoms with Crippen molar-refractivity contribution in [3.63, 3.8) is 0 Å². The van der Waals surface area contributed by atoms with Crippen LogP contribution in [-0.4, -0.2) is 47.7 Å². The lowest BCUT2D eigenvalue weighted by Crippen LogP contribution is -2.50. The molecule has 0 radical (unpaired) electrons. The highest BCUT2D eigenvalue weighted by Gasteiger charge is 2.37. The number of rotatable bonds is 6. The minimum absolute atomic E-state index is 0.0600. The molecule has 1 saturated heterocycles. The number of piperidine rings is 1. The average molecular weight is 504 g/mol. The Morgan fingerprint density at radius 2 is 1.60 bits per heavy atom. The third-order valence-corrected chi connectivity index (χ3v) is 5.57. The summed E-state index contributed by atoms with van der Waals surface area (Å²) >= 11 is 0. The molecule has 12 heteroatoms. The van der Waals surface area contributed by atoms with Gasteiger partial charge in [-0.15, -0.1) is 0 Å². The number of amides is 2. The van der Waals surface area contributed by atoms with E-state index >= 15 is 0 Å². The fourth-order valence-corrected chi connectivity index (χ4v) is 3.90. The molecular formula is C23H22F6N2O4. The average Bonchev–Trinajstić information content (AvgIpc) is 2.80. The van der Waals surface area contributed by atoms with Crippen molar-refractivity contribution in [3.8, 4) is 0 Å². The second kappa shape index (κ2) is 10.5. The van der Waals surface area contributed by atoms with Crippen LogP contribution in [0.15, 0.2) is 48.5 Å². The van der Waals surface area contributed by atoms with Gasteiger partial charge < -0.3 is 20.1 Å². The van der Waals surface area contributed by atoms with E-state index in [9.17, 15) is 35.9 Å². The number of likely N-dealkylation sites (tertiary alicyclic amines) is 1. The molecule has 2 amide bonds. The van der Waals surface area contributed by atoms with Gasteiger partial charge in [0.1, 0.15) is 6.54 Å². The van der Waals surface area contributed by atoms with E-state index in [1.807, 2.05) is 0 Å². The van der Waals surface area contributed by atoms with Crippen molar-refractivity contribution < 1.29 is 45.8 Å². The number of benzene rings is 2. The van der Waals surface area contributed by atoms with E-state index in [1.54, 1.807) is 30.3 Å². The highest BCUT2D eigenvalue weighted by atomic mass is 19.4. The maximum absolute atomic E-state index is 13.2. The molecule has 0 bridgehead atoms. The SMILES string of the molecule is O=C(O)CNC(=O)N1CC[C@H](OCc2cc(C(F)(F)F)cc(C(F)(F)F)c2)[C@H](c2ccccc2)C1. The Bertz CT molecular complexity index is 1010. The summed E-state index contributed by atoms with van der Waals surface area (Å²) in [6, 6.07) is 9.52. The molecular weight excluding hydrogens is 482 g/mol. The van der Waals surface area contributed by atoms with Gasteiger partial charge in [0.25, 0.3) is 0 Å². The molecule has 3 rings (SSSR count). The van der Waals surface area contributed by atoms with Crippen molar-refractivity contribution in [2.24, 2.45) is 0 Å². The van der Waals surface area contributed by atoms with Gasteiger partial charge in [0, 0.05) is 19.0 Å². The predicted octanol–water partition coefficient (Wildman–Crippen LogP) is 4.89. The monoisotopic (exact) mass is 504 g/mol. The zero-order valence-electron chi connectivity index (χ0n) is 18.2. The number of carbonyl (C=O) groups is 2. The number of nitrogens with zero attached hydrogens (tertiary/aromatic N) is 1. The Labute approximate surface area is 196 Å². The molecule has 35 heavy (non-hydrogen) atoms. The Balaban J connectivity index is 1.80. The smallest absolute Gasteiger partial charge is 0.416 e. The number of carbonyl (C=O) groups excluding carboxylic acids is 1. The molecule has 0 unspecified atom stereocenters. The van der Waals surface area contributed by atoms with Gasteiger partial charge in [0.2, 0.25) is 0 Å². The van der Waals surface area contributed by atoms with Crippen molar-refractivity contribution in [2.45, 2.75) is 37.4 Å². The third-order valence-electron chi connectivity index (χ3n) is 5.57. The zero-order chi connectivity index (χ0) is 25.8. The van der Waals surface area contributed by atoms with Crippen LogP contribution in [0.3, 0.4) is 0 Å². The molecule has 1 heterocycles. The Morgan fingerprint density at radius 3 is 2.14 bits per heavy atom. The highest BCUT2D eigenvalue weighted by Crippen LogP contribution is 2.37. The number of hydrogen-bond acceptors (Lipinski definition) is 3. The second-order valence-electron chi connectivity index (χ2n) is 8.07. The number of urea groups is 1. The number of hydrogen-bond donors (Lipinski definition) is 2. The number of aliphatic carboxylic acids is 1. The molecule has 2 atom stereocenters. The molecule has 190 valence electrons. The lowest BCUT2D eigenvalue weighted by atomic mass is 9.88. The summed E-state index contributed by atoms with van der Waals surface area (Å²) in [6.45, 7) is -0.777. The lowest BCUT2D eigenvalue weighted by Gasteiger charge is -2.38. The van der Waals surface area contributed by atoms with Crippen molar-refractivity contribution in [2.75, 3.05) is 19.6 Å². The van der Waals surface area contributed by atoms with Crippen LogP contribution in [0, 0.1) is 0 Å². The van der Waals surface area contributed by atoms with Crippen LogP contribution in [0.1, 0.15) is 34.6 Å². The summed E-state index contributed by atoms with van der Waals surface area (Å²) < 4.78 is 84.8. The van der Waals surface area contributed by atoms with Crippen LogP contribution in [0.4, 0.5) is 31.1 Å². The van der Waals surface area contributed by atoms with Gasteiger partial charge in [-0.2, -0.15) is 26.3 Å². The minimum Gasteiger partial charge on any atom is -0.480 e. The second-order valence-corrected chi connectivity index (χ2v) is 8.07. The normalized spacial score (nSPS) is 18.9. The van der Waals surface area contributed by atoms with E-state index < -0.39 is 60.7 Å². The number of ether oxygens (including phenoxy) is 1. The van der Waals surface area contributed by atoms with Crippen LogP contribution in [0.2, 0.25) is 0 Å². The molecule has 1 fully saturated rings. The first-order valence-corrected chi connectivity index (χ1v) is 10.5. The number of halogens is 6. The molecule has 2 aromatic rings. The summed E-state index contributed by atoms with van der Waals surface area (Å²) in [7, 11) is 0. The molecule has 0 saturated carbocycles. The van der Waals surface area contributed by atoms with Crippen LogP contribution in [0.5, 0.6) is 0 Å². The molecule has 6 nitrogen and oxygen atoms in total. The fourth-order valence-electron chi connectivity index (χ4n) is 3.90. The lowest BCUT2D eigenvalue weighted by molar-refractivity contribution is -0.143. The van der Waals surface area contributed by atoms with E-state index in [0.717, 1.165) is 5.56 Å². The zero-order valence-corrected chi connectivity index (χ0v) is 18.2. The predicted molar refractivity (Wildman–Crippen MR) is 111 cm³/mol. The van der Waals surface area contributed by atoms with Gasteiger partial charge in [0.15, 0.2) is 0 Å². The summed E-state index contributed by atoms with van der Waals surface area (Å²) in [5.74, 6) is -1.65. The summed E-state index contributed by atoms with van der Waals surface area (Å²) in [5.41, 5.74) is -2.36. The Morgan fingerprint density at radius 1 is 1.00 bits per heavy atom. The van der Waals surface area contributed by atoms with Gasteiger partial charge >= 0.3 is 24.4 Å². The van der Waals surface area contributed by atoms with Gasteiger partial charge in [0.05, 0.1) is 23.8 Å². The quantitative estimate of drug-likeness (QED) is 0.549. The van der Waals surface area contributed by atoms with Crippen molar-refractivity contribution in [1.82, 2.24) is 10.2 Å². The Kier molecular flexibility index (Phi) is 7.93. The minimum atomic E-state index is -4.96. The Hall–Kier alpha value is -3.28. The maximum Gasteiger partial charge on any atom is 0.416 e. The van der Waals surface area contributed by atoms with Crippen LogP contribution in [0.25, 0.3) is 0 Å². The molecule has 2 N–H and O–H groups in total. The summed E-state index contributed by atoms with van der Waals surface area (Å²) in [6.07, 6.45) is -10.3. The van der Waals surface area contributed by atoms with Crippen molar-refractivity contribution >= 4 is 12.0 Å². The molecule has 0 aliphatic carbocycles. The highest BCUT2D eigenvalue weighted by molar-refractivity contribution is 5.80. The number of carboxylic acid groups (broad SMARTS) is 1. The fraction of sp³-hybridized carbons (Fsp3) is 0.391. The van der Waals surface area contributed by atoms with E-state index in [2.05, 4.69) is 5.32 Å². The van der Waals surface area contributed by atoms with Gasteiger partial charge in [-0.25, -0.2) is 4.79 Å². The molecule has 1 aliphatic heterocycles. The van der Waals surface area contributed by atoms with E-state index in [1.165, 1.54) is 4.90 Å².